The van der Waals surface area contributed by atoms with Gasteiger partial charge in [0.15, 0.2) is 0 Å². The van der Waals surface area contributed by atoms with Gasteiger partial charge in [0.2, 0.25) is 0 Å². The molecule has 0 bridgehead atoms. The van der Waals surface area contributed by atoms with Crippen molar-refractivity contribution in [2.75, 3.05) is 0 Å². The van der Waals surface area contributed by atoms with E-state index in [4.69, 9.17) is 5.11 Å². The van der Waals surface area contributed by atoms with Crippen molar-refractivity contribution in [3.05, 3.63) is 59.7 Å². The molecular formula is C13H8F2O2S. The highest BCUT2D eigenvalue weighted by Crippen LogP contribution is 2.31. The Hall–Kier alpha value is -1.88. The molecule has 0 aliphatic rings. The molecule has 0 aliphatic carbocycles. The maximum absolute atomic E-state index is 13.0. The summed E-state index contributed by atoms with van der Waals surface area (Å²) in [5.41, 5.74) is -0.135. The fourth-order valence-electron chi connectivity index (χ4n) is 1.42. The molecule has 92 valence electrons. The molecule has 5 heteroatoms. The lowest BCUT2D eigenvalue weighted by Crippen LogP contribution is -1.99. The van der Waals surface area contributed by atoms with Crippen molar-refractivity contribution < 1.29 is 18.7 Å². The Labute approximate surface area is 106 Å². The highest BCUT2D eigenvalue weighted by molar-refractivity contribution is 7.99. The van der Waals surface area contributed by atoms with E-state index in [1.54, 1.807) is 6.07 Å². The quantitative estimate of drug-likeness (QED) is 0.917. The summed E-state index contributed by atoms with van der Waals surface area (Å²) in [6.07, 6.45) is 0. The van der Waals surface area contributed by atoms with Crippen LogP contribution in [0.3, 0.4) is 0 Å². The Morgan fingerprint density at radius 3 is 2.44 bits per heavy atom. The van der Waals surface area contributed by atoms with Gasteiger partial charge in [0.05, 0.1) is 5.56 Å². The molecule has 0 fully saturated rings. The molecule has 2 aromatic carbocycles. The molecule has 0 saturated carbocycles. The van der Waals surface area contributed by atoms with E-state index in [9.17, 15) is 13.6 Å². The van der Waals surface area contributed by atoms with Gasteiger partial charge >= 0.3 is 5.97 Å². The van der Waals surface area contributed by atoms with Crippen LogP contribution in [0.5, 0.6) is 0 Å². The molecule has 0 spiro atoms. The minimum absolute atomic E-state index is 0.135. The van der Waals surface area contributed by atoms with Gasteiger partial charge in [-0.05, 0) is 36.4 Å². The van der Waals surface area contributed by atoms with E-state index >= 15 is 0 Å². The molecule has 2 nitrogen and oxygen atoms in total. The van der Waals surface area contributed by atoms with Crippen LogP contribution in [0.4, 0.5) is 8.78 Å². The summed E-state index contributed by atoms with van der Waals surface area (Å²) in [5, 5.41) is 8.97. The van der Waals surface area contributed by atoms with Crippen molar-refractivity contribution in [3.8, 4) is 0 Å². The van der Waals surface area contributed by atoms with Crippen LogP contribution in [-0.4, -0.2) is 11.1 Å². The van der Waals surface area contributed by atoms with Gasteiger partial charge in [-0.25, -0.2) is 13.6 Å². The lowest BCUT2D eigenvalue weighted by atomic mass is 10.2. The van der Waals surface area contributed by atoms with Crippen molar-refractivity contribution in [2.45, 2.75) is 9.79 Å². The van der Waals surface area contributed by atoms with Gasteiger partial charge in [-0.1, -0.05) is 17.8 Å². The van der Waals surface area contributed by atoms with E-state index in [1.807, 2.05) is 0 Å². The summed E-state index contributed by atoms with van der Waals surface area (Å²) in [4.78, 5) is 11.9. The molecule has 2 rings (SSSR count). The molecule has 0 aliphatic heterocycles. The van der Waals surface area contributed by atoms with Gasteiger partial charge in [-0.3, -0.25) is 0 Å². The van der Waals surface area contributed by atoms with Crippen LogP contribution in [0, 0.1) is 11.6 Å². The second kappa shape index (κ2) is 5.18. The van der Waals surface area contributed by atoms with Crippen LogP contribution in [0.2, 0.25) is 0 Å². The Kier molecular flexibility index (Phi) is 3.62. The molecule has 0 radical (unpaired) electrons. The molecule has 18 heavy (non-hydrogen) atoms. The first-order chi connectivity index (χ1) is 8.56. The van der Waals surface area contributed by atoms with Gasteiger partial charge < -0.3 is 5.11 Å². The second-order valence-electron chi connectivity index (χ2n) is 3.51. The van der Waals surface area contributed by atoms with Crippen LogP contribution < -0.4 is 0 Å². The Bertz CT molecular complexity index is 599. The van der Waals surface area contributed by atoms with Gasteiger partial charge in [0.25, 0.3) is 0 Å². The predicted octanol–water partition coefficient (Wildman–Crippen LogP) is 3.81. The lowest BCUT2D eigenvalue weighted by Gasteiger charge is -2.06. The zero-order valence-electron chi connectivity index (χ0n) is 9.06. The highest BCUT2D eigenvalue weighted by Gasteiger charge is 2.12. The summed E-state index contributed by atoms with van der Waals surface area (Å²) >= 11 is 1.08. The highest BCUT2D eigenvalue weighted by atomic mass is 32.2. The van der Waals surface area contributed by atoms with Crippen molar-refractivity contribution in [1.29, 1.82) is 0 Å². The number of hydrogen-bond acceptors (Lipinski definition) is 2. The van der Waals surface area contributed by atoms with Crippen LogP contribution >= 0.6 is 11.8 Å². The smallest absolute Gasteiger partial charge is 0.336 e. The fraction of sp³-hybridized carbons (Fsp3) is 0. The average Bonchev–Trinajstić information content (AvgIpc) is 2.31. The first-order valence-corrected chi connectivity index (χ1v) is 5.84. The third-order valence-corrected chi connectivity index (χ3v) is 3.26. The Morgan fingerprint density at radius 2 is 1.78 bits per heavy atom. The van der Waals surface area contributed by atoms with Crippen molar-refractivity contribution in [2.24, 2.45) is 0 Å². The van der Waals surface area contributed by atoms with E-state index in [1.165, 1.54) is 30.3 Å². The van der Waals surface area contributed by atoms with Gasteiger partial charge in [-0.2, -0.15) is 0 Å². The maximum Gasteiger partial charge on any atom is 0.336 e. The zero-order chi connectivity index (χ0) is 13.1. The number of benzene rings is 2. The summed E-state index contributed by atoms with van der Waals surface area (Å²) in [6, 6.07) is 9.27. The topological polar surface area (TPSA) is 37.3 Å². The molecule has 0 saturated heterocycles. The SMILES string of the molecule is O=C(O)c1cc(F)ccc1Sc1cccc(F)c1. The van der Waals surface area contributed by atoms with Gasteiger partial charge in [0, 0.05) is 9.79 Å². The van der Waals surface area contributed by atoms with Crippen LogP contribution in [0.15, 0.2) is 52.3 Å². The predicted molar refractivity (Wildman–Crippen MR) is 63.9 cm³/mol. The van der Waals surface area contributed by atoms with Crippen LogP contribution in [0.1, 0.15) is 10.4 Å². The monoisotopic (exact) mass is 266 g/mol. The fourth-order valence-corrected chi connectivity index (χ4v) is 2.38. The zero-order valence-corrected chi connectivity index (χ0v) is 9.88. The number of rotatable bonds is 3. The molecule has 0 unspecified atom stereocenters. The summed E-state index contributed by atoms with van der Waals surface area (Å²) in [7, 11) is 0. The molecule has 0 aromatic heterocycles. The number of carboxylic acid groups (broad SMARTS) is 1. The number of aromatic carboxylic acids is 1. The van der Waals surface area contributed by atoms with Crippen molar-refractivity contribution in [3.63, 3.8) is 0 Å². The Balaban J connectivity index is 2.37. The minimum Gasteiger partial charge on any atom is -0.478 e. The Morgan fingerprint density at radius 1 is 1.06 bits per heavy atom. The summed E-state index contributed by atoms with van der Waals surface area (Å²) in [6.45, 7) is 0. The van der Waals surface area contributed by atoms with E-state index in [0.29, 0.717) is 9.79 Å². The molecule has 2 aromatic rings. The molecule has 0 heterocycles. The number of carboxylic acids is 1. The maximum atomic E-state index is 13.0. The molecule has 0 atom stereocenters. The summed E-state index contributed by atoms with van der Waals surface area (Å²) < 4.78 is 26.0. The minimum atomic E-state index is -1.21. The lowest BCUT2D eigenvalue weighted by molar-refractivity contribution is 0.0692. The van der Waals surface area contributed by atoms with Gasteiger partial charge in [-0.15, -0.1) is 0 Å². The van der Waals surface area contributed by atoms with E-state index in [0.717, 1.165) is 17.8 Å². The van der Waals surface area contributed by atoms with Crippen LogP contribution in [-0.2, 0) is 0 Å². The second-order valence-corrected chi connectivity index (χ2v) is 4.62. The van der Waals surface area contributed by atoms with Gasteiger partial charge in [0.1, 0.15) is 11.6 Å². The summed E-state index contributed by atoms with van der Waals surface area (Å²) in [5.74, 6) is -2.23. The third kappa shape index (κ3) is 2.87. The first kappa shape index (κ1) is 12.6. The normalized spacial score (nSPS) is 10.3. The van der Waals surface area contributed by atoms with Crippen molar-refractivity contribution in [1.82, 2.24) is 0 Å². The standard InChI is InChI=1S/C13H8F2O2S/c14-8-2-1-3-10(6-8)18-12-5-4-9(15)7-11(12)13(16)17/h1-7H,(H,16,17). The van der Waals surface area contributed by atoms with Crippen molar-refractivity contribution >= 4 is 17.7 Å². The van der Waals surface area contributed by atoms with E-state index in [-0.39, 0.29) is 5.56 Å². The first-order valence-electron chi connectivity index (χ1n) is 5.02. The number of carbonyl (C=O) groups is 1. The van der Waals surface area contributed by atoms with E-state index < -0.39 is 17.6 Å². The van der Waals surface area contributed by atoms with Crippen LogP contribution in [0.25, 0.3) is 0 Å². The molecule has 1 N–H and O–H groups in total. The number of halogens is 2. The van der Waals surface area contributed by atoms with E-state index in [2.05, 4.69) is 0 Å². The largest absolute Gasteiger partial charge is 0.478 e. The molecule has 0 amide bonds. The average molecular weight is 266 g/mol. The third-order valence-electron chi connectivity index (χ3n) is 2.20. The number of hydrogen-bond donors (Lipinski definition) is 1. The molecular weight excluding hydrogens is 258 g/mol.